The number of benzene rings is 19. The average molecular weight is 1770 g/mol. The van der Waals surface area contributed by atoms with Crippen LogP contribution in [0.4, 0.5) is 0 Å². The van der Waals surface area contributed by atoms with Gasteiger partial charge in [0.1, 0.15) is 22.3 Å². The second kappa shape index (κ2) is 30.3. The van der Waals surface area contributed by atoms with E-state index in [1.807, 2.05) is 66.7 Å². The molecule has 8 heterocycles. The highest BCUT2D eigenvalue weighted by atomic mass is 16.3. The maximum atomic E-state index is 6.54. The van der Waals surface area contributed by atoms with Gasteiger partial charge in [0.25, 0.3) is 0 Å². The maximum absolute atomic E-state index is 6.54. The van der Waals surface area contributed by atoms with Crippen molar-refractivity contribution in [3.05, 3.63) is 453 Å². The van der Waals surface area contributed by atoms with Crippen molar-refractivity contribution in [2.45, 2.75) is 38.5 Å². The van der Waals surface area contributed by atoms with Crippen molar-refractivity contribution in [2.75, 3.05) is 0 Å². The summed E-state index contributed by atoms with van der Waals surface area (Å²) in [5.41, 5.74) is 37.1. The molecule has 11 heteroatoms. The van der Waals surface area contributed by atoms with E-state index in [9.17, 15) is 0 Å². The van der Waals surface area contributed by atoms with Crippen LogP contribution in [0.1, 0.15) is 49.9 Å². The minimum Gasteiger partial charge on any atom is -0.456 e. The van der Waals surface area contributed by atoms with Gasteiger partial charge in [0.15, 0.2) is 17.5 Å². The van der Waals surface area contributed by atoms with Crippen LogP contribution in [0, 0.1) is 0 Å². The lowest BCUT2D eigenvalue weighted by Crippen LogP contribution is -2.15. The first kappa shape index (κ1) is 78.7. The van der Waals surface area contributed by atoms with Crippen LogP contribution in [-0.4, -0.2) is 43.2 Å². The van der Waals surface area contributed by atoms with Gasteiger partial charge in [0, 0.05) is 132 Å². The van der Waals surface area contributed by atoms with Gasteiger partial charge >= 0.3 is 0 Å². The molecule has 8 aromatic heterocycles. The Morgan fingerprint density at radius 1 is 0.181 bits per heavy atom. The number of furan rings is 2. The number of fused-ring (bicyclic) bond motifs is 24. The summed E-state index contributed by atoms with van der Waals surface area (Å²) in [6.07, 6.45) is 0. The van der Waals surface area contributed by atoms with Gasteiger partial charge in [-0.05, 0) is 194 Å². The fourth-order valence-corrected chi connectivity index (χ4v) is 22.6. The van der Waals surface area contributed by atoms with E-state index in [0.717, 1.165) is 166 Å². The second-order valence-corrected chi connectivity index (χ2v) is 37.8. The molecule has 0 atom stereocenters. The van der Waals surface area contributed by atoms with Crippen molar-refractivity contribution in [3.63, 3.8) is 0 Å². The number of hydrogen-bond donors (Lipinski definition) is 0. The molecule has 0 radical (unpaired) electrons. The van der Waals surface area contributed by atoms with Gasteiger partial charge in [-0.3, -0.25) is 4.57 Å². The molecule has 19 aromatic carbocycles. The molecule has 0 saturated carbocycles. The minimum atomic E-state index is -0.177. The van der Waals surface area contributed by atoms with Crippen molar-refractivity contribution in [1.82, 2.24) is 43.2 Å². The minimum absolute atomic E-state index is 0.112. The van der Waals surface area contributed by atoms with E-state index in [-0.39, 0.29) is 10.8 Å². The van der Waals surface area contributed by atoms with E-state index in [1.54, 1.807) is 0 Å². The molecule has 0 aliphatic heterocycles. The largest absolute Gasteiger partial charge is 0.456 e. The van der Waals surface area contributed by atoms with Gasteiger partial charge in [-0.1, -0.05) is 319 Å². The van der Waals surface area contributed by atoms with Gasteiger partial charge in [-0.2, -0.15) is 0 Å². The van der Waals surface area contributed by atoms with Crippen LogP contribution in [-0.2, 0) is 10.8 Å². The first-order valence-electron chi connectivity index (χ1n) is 47.2. The van der Waals surface area contributed by atoms with E-state index < -0.39 is 0 Å². The Labute approximate surface area is 793 Å². The summed E-state index contributed by atoms with van der Waals surface area (Å²) in [6.45, 7) is 9.43. The highest BCUT2D eigenvalue weighted by Crippen LogP contribution is 2.55. The summed E-state index contributed by atoms with van der Waals surface area (Å²) in [5, 5.41) is 13.9. The lowest BCUT2D eigenvalue weighted by molar-refractivity contribution is 0.661. The van der Waals surface area contributed by atoms with Crippen LogP contribution >= 0.6 is 0 Å². The zero-order chi connectivity index (χ0) is 91.3. The van der Waals surface area contributed by atoms with Crippen LogP contribution in [0.15, 0.2) is 440 Å². The van der Waals surface area contributed by atoms with Crippen LogP contribution < -0.4 is 0 Å². The number of rotatable bonds is 11. The van der Waals surface area contributed by atoms with Gasteiger partial charge in [0.05, 0.1) is 55.5 Å². The topological polar surface area (TPSA) is 110 Å². The van der Waals surface area contributed by atoms with E-state index >= 15 is 0 Å². The third-order valence-electron chi connectivity index (χ3n) is 29.3. The first-order chi connectivity index (χ1) is 67.9. The quantitative estimate of drug-likeness (QED) is 0.127. The summed E-state index contributed by atoms with van der Waals surface area (Å²) in [7, 11) is 0. The molecule has 0 saturated heterocycles. The normalized spacial score (nSPS) is 13.0. The zero-order valence-electron chi connectivity index (χ0n) is 75.8. The van der Waals surface area contributed by atoms with Crippen molar-refractivity contribution in [1.29, 1.82) is 0 Å². The van der Waals surface area contributed by atoms with Gasteiger partial charge in [-0.15, -0.1) is 0 Å². The number of nitrogens with zero attached hydrogens (tertiary/aromatic N) is 9. The first-order valence-corrected chi connectivity index (χ1v) is 47.2. The molecule has 29 rings (SSSR count). The molecule has 0 amide bonds. The van der Waals surface area contributed by atoms with E-state index in [0.29, 0.717) is 23.4 Å². The van der Waals surface area contributed by atoms with Crippen molar-refractivity contribution >= 4 is 131 Å². The Balaban J connectivity index is 0.000000137. The Morgan fingerprint density at radius 3 is 1.01 bits per heavy atom. The van der Waals surface area contributed by atoms with Crippen LogP contribution in [0.25, 0.3) is 255 Å². The third-order valence-corrected chi connectivity index (χ3v) is 29.3. The molecule has 2 aliphatic rings. The summed E-state index contributed by atoms with van der Waals surface area (Å²) >= 11 is 0. The predicted molar refractivity (Wildman–Crippen MR) is 567 cm³/mol. The van der Waals surface area contributed by atoms with Gasteiger partial charge in [-0.25, -0.2) is 24.9 Å². The van der Waals surface area contributed by atoms with Crippen molar-refractivity contribution < 1.29 is 8.83 Å². The molecule has 0 unspecified atom stereocenters. The molecular formula is C127H83N9O2. The van der Waals surface area contributed by atoms with Gasteiger partial charge in [0.2, 0.25) is 5.95 Å². The van der Waals surface area contributed by atoms with Crippen LogP contribution in [0.2, 0.25) is 0 Å². The standard InChI is InChI=1S/C66H43N5O.C61H40N4O/c1-66(2)55-27-14-12-25-47(55)50-36-52-48-31-29-43(42-30-32-57-51(34-42)53-37-54-49-26-13-15-28-61(49)72-62(54)39-60(53)70(57)45-22-10-5-11-23-45)35-58(48)71(59(52)38-56(50)66)46-24-16-21-44(33-46)65-68-63(40-17-6-3-7-18-40)67-64(69-65)41-19-8-4-9-20-41;1-61(2)50-24-14-12-22-42(50)45-32-48-46-30-39(27-29-54(46)64(56(48)34-51(45)61)41-20-10-5-11-21-41)40-26-28-43-47-33-49-44-23-13-15-25-58(44)66-59(49)36-57(47)65(55(43)31-40)60-62-52(37-16-6-3-7-17-37)35-53(63-60)38-18-8-4-9-19-38/h3-39H,1-2H3;3-36H,1-2H3. The van der Waals surface area contributed by atoms with Crippen LogP contribution in [0.3, 0.4) is 0 Å². The number of para-hydroxylation sites is 4. The highest BCUT2D eigenvalue weighted by Gasteiger charge is 2.39. The smallest absolute Gasteiger partial charge is 0.235 e. The molecule has 0 N–H and O–H groups in total. The molecule has 0 spiro atoms. The van der Waals surface area contributed by atoms with E-state index in [1.165, 1.54) is 87.9 Å². The van der Waals surface area contributed by atoms with Crippen molar-refractivity contribution in [2.24, 2.45) is 0 Å². The Bertz CT molecular complexity index is 9650. The molecule has 138 heavy (non-hydrogen) atoms. The molecule has 27 aromatic rings. The van der Waals surface area contributed by atoms with Crippen LogP contribution in [0.5, 0.6) is 0 Å². The number of hydrogen-bond acceptors (Lipinski definition) is 7. The highest BCUT2D eigenvalue weighted by molar-refractivity contribution is 6.21. The second-order valence-electron chi connectivity index (χ2n) is 37.8. The maximum Gasteiger partial charge on any atom is 0.235 e. The van der Waals surface area contributed by atoms with E-state index in [2.05, 4.69) is 410 Å². The third kappa shape index (κ3) is 12.2. The SMILES string of the molecule is CC1(C)c2ccccc2-c2cc3c4cc(-c5ccc6c7cc8c(cc7n(-c7nc(-c9ccccc9)cc(-c9ccccc9)n7)c6c5)oc5ccccc58)ccc4n(-c4ccccc4)c3cc21.CC1(C)c2ccccc2-c2cc3c4ccc(-c5ccc6c(c5)c5cc7c(cc5n6-c5ccccc5)oc5ccccc57)cc4n(-c4cccc(-c5nc(-c6ccccc6)nc(-c6ccccc6)n5)c4)c3cc21. The summed E-state index contributed by atoms with van der Waals surface area (Å²) in [5.74, 6) is 2.48. The lowest BCUT2D eigenvalue weighted by atomic mass is 9.82. The molecule has 648 valence electrons. The van der Waals surface area contributed by atoms with E-state index in [4.69, 9.17) is 33.8 Å². The predicted octanol–water partition coefficient (Wildman–Crippen LogP) is 32.8. The number of aromatic nitrogens is 9. The summed E-state index contributed by atoms with van der Waals surface area (Å²) < 4.78 is 22.5. The van der Waals surface area contributed by atoms with Crippen molar-refractivity contribution in [3.8, 4) is 124 Å². The molecule has 0 fully saturated rings. The molecule has 11 nitrogen and oxygen atoms in total. The fraction of sp³-hybridized carbons (Fsp3) is 0.0472. The summed E-state index contributed by atoms with van der Waals surface area (Å²) in [4.78, 5) is 26.0. The Kier molecular flexibility index (Phi) is 17.3. The molecule has 0 bridgehead atoms. The Morgan fingerprint density at radius 2 is 0.522 bits per heavy atom. The molecular weight excluding hydrogens is 1680 g/mol. The lowest BCUT2D eigenvalue weighted by Gasteiger charge is -2.21. The zero-order valence-corrected chi connectivity index (χ0v) is 75.8. The summed E-state index contributed by atoms with van der Waals surface area (Å²) in [6, 6.07) is 154. The Hall–Kier alpha value is -17.9. The average Bonchev–Trinajstić information content (AvgIpc) is 1.56. The fourth-order valence-electron chi connectivity index (χ4n) is 22.6. The van der Waals surface area contributed by atoms with Gasteiger partial charge < -0.3 is 22.5 Å². The molecule has 2 aliphatic carbocycles. The monoisotopic (exact) mass is 1770 g/mol.